The van der Waals surface area contributed by atoms with Gasteiger partial charge in [0.15, 0.2) is 6.54 Å². The Morgan fingerprint density at radius 2 is 1.64 bits per heavy atom. The molecule has 0 saturated carbocycles. The molecule has 1 aliphatic carbocycles. The molecule has 3 heterocycles. The number of allylic oxidation sites excluding steroid dienone is 5. The molecule has 4 aliphatic rings. The van der Waals surface area contributed by atoms with Gasteiger partial charge in [-0.05, 0) is 93.5 Å². The van der Waals surface area contributed by atoms with Crippen molar-refractivity contribution in [2.24, 2.45) is 0 Å². The highest BCUT2D eigenvalue weighted by Gasteiger charge is 2.41. The number of hydrogen-bond donors (Lipinski definition) is 1. The Bertz CT molecular complexity index is 2190. The Labute approximate surface area is 265 Å². The molecule has 0 radical (unpaired) electrons. The first-order valence-electron chi connectivity index (χ1n) is 15.6. The maximum absolute atomic E-state index is 11.8. The maximum atomic E-state index is 11.8. The van der Waals surface area contributed by atoms with Gasteiger partial charge in [0.1, 0.15) is 8.07 Å². The monoisotopic (exact) mass is 627 g/mol. The Morgan fingerprint density at radius 1 is 0.844 bits per heavy atom. The Balaban J connectivity index is 1.32. The van der Waals surface area contributed by atoms with Crippen molar-refractivity contribution < 1.29 is 17.5 Å². The van der Waals surface area contributed by atoms with Crippen LogP contribution in [0.1, 0.15) is 27.8 Å². The van der Waals surface area contributed by atoms with E-state index in [-0.39, 0.29) is 4.90 Å². The highest BCUT2D eigenvalue weighted by atomic mass is 32.2. The molecule has 45 heavy (non-hydrogen) atoms. The van der Waals surface area contributed by atoms with Crippen molar-refractivity contribution in [3.05, 3.63) is 142 Å². The molecule has 5 nitrogen and oxygen atoms in total. The summed E-state index contributed by atoms with van der Waals surface area (Å²) in [6.45, 7) is 8.89. The topological polar surface area (TPSA) is 60.6 Å². The fourth-order valence-electron chi connectivity index (χ4n) is 7.72. The zero-order chi connectivity index (χ0) is 31.1. The van der Waals surface area contributed by atoms with Gasteiger partial charge >= 0.3 is 0 Å². The average Bonchev–Trinajstić information content (AvgIpc) is 3.66. The average molecular weight is 628 g/mol. The van der Waals surface area contributed by atoms with E-state index in [9.17, 15) is 13.0 Å². The maximum Gasteiger partial charge on any atom is 0.294 e. The van der Waals surface area contributed by atoms with Crippen LogP contribution in [0.2, 0.25) is 13.1 Å². The third-order valence-corrected chi connectivity index (χ3v) is 14.4. The van der Waals surface area contributed by atoms with Crippen molar-refractivity contribution in [1.82, 2.24) is 0 Å². The van der Waals surface area contributed by atoms with Crippen molar-refractivity contribution in [1.29, 1.82) is 0 Å². The van der Waals surface area contributed by atoms with Crippen LogP contribution in [-0.2, 0) is 23.0 Å². The molecule has 224 valence electrons. The lowest BCUT2D eigenvalue weighted by Crippen LogP contribution is -2.49. The number of rotatable bonds is 3. The van der Waals surface area contributed by atoms with Crippen LogP contribution in [0.5, 0.6) is 0 Å². The number of nitrogens with zero attached hydrogens (tertiary/aromatic N) is 2. The quantitative estimate of drug-likeness (QED) is 0.150. The normalized spacial score (nSPS) is 19.6. The molecular formula is C38H35N2O3SSi+. The number of aryl methyl sites for hydroxylation is 1. The van der Waals surface area contributed by atoms with Crippen LogP contribution >= 0.6 is 0 Å². The highest BCUT2D eigenvalue weighted by Crippen LogP contribution is 2.44. The van der Waals surface area contributed by atoms with Crippen LogP contribution in [0, 0.1) is 6.92 Å². The van der Waals surface area contributed by atoms with Crippen LogP contribution in [0.15, 0.2) is 119 Å². The predicted octanol–water partition coefficient (Wildman–Crippen LogP) is 7.04. The molecule has 7 heteroatoms. The molecule has 0 bridgehead atoms. The first kappa shape index (κ1) is 28.2. The lowest BCUT2D eigenvalue weighted by molar-refractivity contribution is -0.427. The molecule has 1 N–H and O–H groups in total. The van der Waals surface area contributed by atoms with E-state index in [2.05, 4.69) is 114 Å². The molecule has 0 aromatic heterocycles. The minimum Gasteiger partial charge on any atom is -0.341 e. The van der Waals surface area contributed by atoms with E-state index in [4.69, 9.17) is 0 Å². The summed E-state index contributed by atoms with van der Waals surface area (Å²) in [7, 11) is -6.44. The summed E-state index contributed by atoms with van der Waals surface area (Å²) in [6.07, 6.45) is 8.70. The van der Waals surface area contributed by atoms with E-state index in [0.29, 0.717) is 0 Å². The Morgan fingerprint density at radius 3 is 2.47 bits per heavy atom. The molecule has 0 amide bonds. The third kappa shape index (κ3) is 4.44. The molecule has 0 saturated heterocycles. The molecular weight excluding hydrogens is 593 g/mol. The molecule has 8 rings (SSSR count). The number of fused-ring (bicyclic) bond motifs is 4. The smallest absolute Gasteiger partial charge is 0.294 e. The lowest BCUT2D eigenvalue weighted by Gasteiger charge is -2.38. The van der Waals surface area contributed by atoms with Crippen molar-refractivity contribution >= 4 is 51.7 Å². The van der Waals surface area contributed by atoms with Gasteiger partial charge in [0, 0.05) is 48.1 Å². The Hall–Kier alpha value is -4.30. The van der Waals surface area contributed by atoms with Gasteiger partial charge in [0.05, 0.1) is 4.90 Å². The SMILES string of the molecule is Cc1ccccc1C1=C2C=CC(=[N+]3CCc4cc(S(=O)(=O)O)ccc43)C=C2[Si](C)(C)c2cc(N3CCc4ccccc43)ccc21. The molecule has 4 aromatic rings. The molecule has 0 spiro atoms. The summed E-state index contributed by atoms with van der Waals surface area (Å²) >= 11 is 0. The first-order valence-corrected chi connectivity index (χ1v) is 20.0. The van der Waals surface area contributed by atoms with Gasteiger partial charge in [0.25, 0.3) is 10.1 Å². The molecule has 3 aliphatic heterocycles. The second kappa shape index (κ2) is 10.1. The first-order chi connectivity index (χ1) is 21.6. The van der Waals surface area contributed by atoms with Gasteiger partial charge in [-0.15, -0.1) is 0 Å². The number of anilines is 2. The summed E-state index contributed by atoms with van der Waals surface area (Å²) in [5.74, 6) is 0. The number of para-hydroxylation sites is 1. The van der Waals surface area contributed by atoms with E-state index in [1.165, 1.54) is 61.2 Å². The fourth-order valence-corrected chi connectivity index (χ4v) is 11.3. The highest BCUT2D eigenvalue weighted by molar-refractivity contribution is 7.85. The van der Waals surface area contributed by atoms with Crippen molar-refractivity contribution in [2.75, 3.05) is 18.0 Å². The van der Waals surface area contributed by atoms with Crippen molar-refractivity contribution in [2.45, 2.75) is 37.8 Å². The second-order valence-electron chi connectivity index (χ2n) is 13.0. The molecule has 0 unspecified atom stereocenters. The van der Waals surface area contributed by atoms with E-state index >= 15 is 0 Å². The molecule has 4 aromatic carbocycles. The molecule has 0 fully saturated rings. The van der Waals surface area contributed by atoms with E-state index in [1.54, 1.807) is 6.07 Å². The van der Waals surface area contributed by atoms with Crippen molar-refractivity contribution in [3.63, 3.8) is 0 Å². The van der Waals surface area contributed by atoms with Gasteiger partial charge in [-0.2, -0.15) is 13.0 Å². The van der Waals surface area contributed by atoms with Gasteiger partial charge < -0.3 is 4.90 Å². The van der Waals surface area contributed by atoms with Gasteiger partial charge in [0.2, 0.25) is 11.4 Å². The van der Waals surface area contributed by atoms with Crippen molar-refractivity contribution in [3.8, 4) is 0 Å². The predicted molar refractivity (Wildman–Crippen MR) is 185 cm³/mol. The fraction of sp³-hybridized carbons (Fsp3) is 0.184. The zero-order valence-corrected chi connectivity index (χ0v) is 27.5. The zero-order valence-electron chi connectivity index (χ0n) is 25.7. The summed E-state index contributed by atoms with van der Waals surface area (Å²) in [6, 6.07) is 29.5. The van der Waals surface area contributed by atoms with Crippen LogP contribution < -0.4 is 10.1 Å². The summed E-state index contributed by atoms with van der Waals surface area (Å²) in [4.78, 5) is 2.43. The standard InChI is InChI=1S/C38H34N2O3SSi/c1-25-8-4-6-10-31(25)38-32-15-12-28(39-20-18-26-9-5-7-11-34(26)39)23-36(32)45(2,3)37-24-29(13-16-33(37)38)40-21-19-27-22-30(44(41,42)43)14-17-35(27)40/h4-17,22-24H,18-21H2,1-3H3/p+1. The van der Waals surface area contributed by atoms with Gasteiger partial charge in [-0.25, -0.2) is 0 Å². The Kier molecular flexibility index (Phi) is 6.33. The second-order valence-corrected chi connectivity index (χ2v) is 18.7. The third-order valence-electron chi connectivity index (χ3n) is 10.1. The van der Waals surface area contributed by atoms with Gasteiger partial charge in [-0.1, -0.05) is 61.6 Å². The van der Waals surface area contributed by atoms with Crippen LogP contribution in [0.25, 0.3) is 5.57 Å². The summed E-state index contributed by atoms with van der Waals surface area (Å²) < 4.78 is 35.5. The minimum atomic E-state index is -4.24. The van der Waals surface area contributed by atoms with Crippen LogP contribution in [0.4, 0.5) is 17.1 Å². The lowest BCUT2D eigenvalue weighted by atomic mass is 9.87. The largest absolute Gasteiger partial charge is 0.341 e. The number of benzene rings is 4. The van der Waals surface area contributed by atoms with Crippen LogP contribution in [-0.4, -0.2) is 44.4 Å². The van der Waals surface area contributed by atoms with Gasteiger partial charge in [-0.3, -0.25) is 4.55 Å². The molecule has 0 atom stereocenters. The van der Waals surface area contributed by atoms with E-state index < -0.39 is 18.2 Å². The van der Waals surface area contributed by atoms with E-state index in [0.717, 1.165) is 42.9 Å². The van der Waals surface area contributed by atoms with E-state index in [1.807, 2.05) is 6.07 Å². The number of hydrogen-bond acceptors (Lipinski definition) is 3. The van der Waals surface area contributed by atoms with Crippen LogP contribution in [0.3, 0.4) is 0 Å². The minimum absolute atomic E-state index is 0.0485. The summed E-state index contributed by atoms with van der Waals surface area (Å²) in [5.41, 5.74) is 13.5. The summed E-state index contributed by atoms with van der Waals surface area (Å²) in [5, 5.41) is 2.86.